The number of nitrogens with zero attached hydrogens (tertiary/aromatic N) is 1. The standard InChI is InChI=1S/C22H20N2O3/c1-15-5-7-17(8-6-15)21-13-20(26)10-9-18(21)14-23-24-22(27)12-16-3-2-4-19(25)11-16/h2-11,13-14,25-26H,12H2,1H3,(H,24,27)/b23-14+. The molecule has 27 heavy (non-hydrogen) atoms. The third kappa shape index (κ3) is 4.95. The molecule has 0 aromatic heterocycles. The SMILES string of the molecule is Cc1ccc(-c2cc(O)ccc2/C=N/NC(=O)Cc2cccc(O)c2)cc1. The van der Waals surface area contributed by atoms with Crippen LogP contribution in [0.4, 0.5) is 0 Å². The summed E-state index contributed by atoms with van der Waals surface area (Å²) < 4.78 is 0. The predicted octanol–water partition coefficient (Wildman–Crippen LogP) is 3.77. The van der Waals surface area contributed by atoms with E-state index < -0.39 is 0 Å². The molecule has 3 N–H and O–H groups in total. The Morgan fingerprint density at radius 3 is 2.48 bits per heavy atom. The van der Waals surface area contributed by atoms with E-state index in [4.69, 9.17) is 0 Å². The van der Waals surface area contributed by atoms with Gasteiger partial charge in [0.25, 0.3) is 0 Å². The largest absolute Gasteiger partial charge is 0.508 e. The van der Waals surface area contributed by atoms with Gasteiger partial charge in [0.05, 0.1) is 12.6 Å². The number of aryl methyl sites for hydroxylation is 1. The highest BCUT2D eigenvalue weighted by Gasteiger charge is 2.06. The summed E-state index contributed by atoms with van der Waals surface area (Å²) in [6.07, 6.45) is 1.67. The zero-order valence-corrected chi connectivity index (χ0v) is 14.9. The number of phenolic OH excluding ortho intramolecular Hbond substituents is 2. The van der Waals surface area contributed by atoms with E-state index >= 15 is 0 Å². The highest BCUT2D eigenvalue weighted by molar-refractivity contribution is 5.91. The molecule has 3 aromatic carbocycles. The van der Waals surface area contributed by atoms with Gasteiger partial charge in [0, 0.05) is 5.56 Å². The first-order valence-corrected chi connectivity index (χ1v) is 8.51. The number of aromatic hydroxyl groups is 2. The fraction of sp³-hybridized carbons (Fsp3) is 0.0909. The molecule has 0 saturated heterocycles. The highest BCUT2D eigenvalue weighted by Crippen LogP contribution is 2.27. The van der Waals surface area contributed by atoms with Gasteiger partial charge in [0.1, 0.15) is 11.5 Å². The van der Waals surface area contributed by atoms with Crippen molar-refractivity contribution in [2.45, 2.75) is 13.3 Å². The predicted molar refractivity (Wildman–Crippen MR) is 106 cm³/mol. The molecule has 1 amide bonds. The molecular formula is C22H20N2O3. The third-order valence-corrected chi connectivity index (χ3v) is 4.07. The van der Waals surface area contributed by atoms with Gasteiger partial charge in [-0.15, -0.1) is 0 Å². The molecule has 5 nitrogen and oxygen atoms in total. The van der Waals surface area contributed by atoms with Crippen molar-refractivity contribution in [1.29, 1.82) is 0 Å². The molecule has 0 spiro atoms. The van der Waals surface area contributed by atoms with E-state index in [9.17, 15) is 15.0 Å². The van der Waals surface area contributed by atoms with Crippen LogP contribution in [0.5, 0.6) is 11.5 Å². The summed E-state index contributed by atoms with van der Waals surface area (Å²) in [5.74, 6) is -0.00112. The molecular weight excluding hydrogens is 340 g/mol. The van der Waals surface area contributed by atoms with Crippen LogP contribution in [0.1, 0.15) is 16.7 Å². The molecule has 3 rings (SSSR count). The number of nitrogens with one attached hydrogen (secondary N) is 1. The minimum atomic E-state index is -0.285. The molecule has 0 unspecified atom stereocenters. The number of amides is 1. The molecule has 3 aromatic rings. The highest BCUT2D eigenvalue weighted by atomic mass is 16.3. The van der Waals surface area contributed by atoms with Gasteiger partial charge in [0.15, 0.2) is 0 Å². The summed E-state index contributed by atoms with van der Waals surface area (Å²) in [5, 5.41) is 23.3. The smallest absolute Gasteiger partial charge is 0.244 e. The maximum atomic E-state index is 12.0. The zero-order chi connectivity index (χ0) is 19.2. The van der Waals surface area contributed by atoms with Crippen LogP contribution in [0.2, 0.25) is 0 Å². The molecule has 0 aliphatic heterocycles. The van der Waals surface area contributed by atoms with Gasteiger partial charge in [-0.05, 0) is 53.9 Å². The molecule has 0 bridgehead atoms. The second-order valence-electron chi connectivity index (χ2n) is 6.28. The lowest BCUT2D eigenvalue weighted by molar-refractivity contribution is -0.120. The number of phenols is 2. The van der Waals surface area contributed by atoms with E-state index in [-0.39, 0.29) is 23.8 Å². The average Bonchev–Trinajstić information content (AvgIpc) is 2.63. The van der Waals surface area contributed by atoms with Gasteiger partial charge < -0.3 is 10.2 Å². The van der Waals surface area contributed by atoms with Crippen LogP contribution in [-0.4, -0.2) is 22.3 Å². The van der Waals surface area contributed by atoms with E-state index in [0.29, 0.717) is 5.56 Å². The molecule has 0 atom stereocenters. The first-order chi connectivity index (χ1) is 13.0. The minimum absolute atomic E-state index is 0.117. The van der Waals surface area contributed by atoms with Crippen LogP contribution in [0.3, 0.4) is 0 Å². The number of rotatable bonds is 5. The first kappa shape index (κ1) is 18.2. The van der Waals surface area contributed by atoms with Crippen molar-refractivity contribution in [1.82, 2.24) is 5.43 Å². The van der Waals surface area contributed by atoms with Crippen LogP contribution in [-0.2, 0) is 11.2 Å². The fourth-order valence-corrected chi connectivity index (χ4v) is 2.71. The molecule has 0 saturated carbocycles. The number of hydrazone groups is 1. The normalized spacial score (nSPS) is 10.9. The van der Waals surface area contributed by atoms with Gasteiger partial charge in [0.2, 0.25) is 5.91 Å². The lowest BCUT2D eigenvalue weighted by Gasteiger charge is -2.08. The van der Waals surface area contributed by atoms with E-state index in [2.05, 4.69) is 10.5 Å². The lowest BCUT2D eigenvalue weighted by atomic mass is 9.99. The number of benzene rings is 3. The van der Waals surface area contributed by atoms with Crippen LogP contribution >= 0.6 is 0 Å². The Bertz CT molecular complexity index is 979. The Kier molecular flexibility index (Phi) is 5.52. The van der Waals surface area contributed by atoms with Crippen LogP contribution in [0, 0.1) is 6.92 Å². The molecule has 0 fully saturated rings. The van der Waals surface area contributed by atoms with Crippen molar-refractivity contribution >= 4 is 12.1 Å². The summed E-state index contributed by atoms with van der Waals surface area (Å²) in [4.78, 5) is 12.0. The second-order valence-corrected chi connectivity index (χ2v) is 6.28. The van der Waals surface area contributed by atoms with Crippen molar-refractivity contribution < 1.29 is 15.0 Å². The molecule has 0 heterocycles. The summed E-state index contributed by atoms with van der Waals surface area (Å²) in [6.45, 7) is 2.01. The van der Waals surface area contributed by atoms with Gasteiger partial charge in [-0.2, -0.15) is 5.10 Å². The van der Waals surface area contributed by atoms with Crippen molar-refractivity contribution in [3.63, 3.8) is 0 Å². The summed E-state index contributed by atoms with van der Waals surface area (Å²) in [6, 6.07) is 19.5. The van der Waals surface area contributed by atoms with Crippen molar-refractivity contribution in [3.05, 3.63) is 83.4 Å². The molecule has 0 aliphatic carbocycles. The maximum absolute atomic E-state index is 12.0. The Balaban J connectivity index is 1.73. The molecule has 0 aliphatic rings. The topological polar surface area (TPSA) is 81.9 Å². The Hall–Kier alpha value is -3.60. The van der Waals surface area contributed by atoms with Gasteiger partial charge in [-0.1, -0.05) is 42.0 Å². The average molecular weight is 360 g/mol. The molecule has 0 radical (unpaired) electrons. The van der Waals surface area contributed by atoms with Crippen molar-refractivity contribution in [2.24, 2.45) is 5.10 Å². The maximum Gasteiger partial charge on any atom is 0.244 e. The van der Waals surface area contributed by atoms with Gasteiger partial charge in [-0.3, -0.25) is 4.79 Å². The summed E-state index contributed by atoms with van der Waals surface area (Å²) in [7, 11) is 0. The van der Waals surface area contributed by atoms with E-state index in [0.717, 1.165) is 22.3 Å². The number of hydrogen-bond donors (Lipinski definition) is 3. The summed E-state index contributed by atoms with van der Waals surface area (Å²) >= 11 is 0. The van der Waals surface area contributed by atoms with Gasteiger partial charge in [-0.25, -0.2) is 5.43 Å². The van der Waals surface area contributed by atoms with Crippen LogP contribution in [0.25, 0.3) is 11.1 Å². The number of carbonyl (C=O) groups is 1. The second kappa shape index (κ2) is 8.19. The monoisotopic (exact) mass is 360 g/mol. The Labute approximate surface area is 157 Å². The number of carbonyl (C=O) groups excluding carboxylic acids is 1. The minimum Gasteiger partial charge on any atom is -0.508 e. The van der Waals surface area contributed by atoms with Crippen molar-refractivity contribution in [3.8, 4) is 22.6 Å². The fourth-order valence-electron chi connectivity index (χ4n) is 2.71. The Morgan fingerprint density at radius 1 is 1.00 bits per heavy atom. The van der Waals surface area contributed by atoms with E-state index in [1.807, 2.05) is 31.2 Å². The zero-order valence-electron chi connectivity index (χ0n) is 14.9. The third-order valence-electron chi connectivity index (χ3n) is 4.07. The van der Waals surface area contributed by atoms with E-state index in [1.54, 1.807) is 48.7 Å². The first-order valence-electron chi connectivity index (χ1n) is 8.51. The summed E-state index contributed by atoms with van der Waals surface area (Å²) in [5.41, 5.74) is 6.88. The molecule has 5 heteroatoms. The van der Waals surface area contributed by atoms with Gasteiger partial charge >= 0.3 is 0 Å². The lowest BCUT2D eigenvalue weighted by Crippen LogP contribution is -2.19. The quantitative estimate of drug-likeness (QED) is 0.478. The van der Waals surface area contributed by atoms with E-state index in [1.165, 1.54) is 0 Å². The Morgan fingerprint density at radius 2 is 1.74 bits per heavy atom. The van der Waals surface area contributed by atoms with Crippen LogP contribution < -0.4 is 5.43 Å². The van der Waals surface area contributed by atoms with Crippen LogP contribution in [0.15, 0.2) is 71.8 Å². The number of hydrogen-bond acceptors (Lipinski definition) is 4. The molecule has 136 valence electrons. The van der Waals surface area contributed by atoms with Crippen molar-refractivity contribution in [2.75, 3.05) is 0 Å².